The van der Waals surface area contributed by atoms with Gasteiger partial charge in [0.15, 0.2) is 0 Å². The van der Waals surface area contributed by atoms with Crippen LogP contribution in [-0.4, -0.2) is 47.0 Å². The summed E-state index contributed by atoms with van der Waals surface area (Å²) in [4.78, 5) is 41.5. The molecule has 0 saturated carbocycles. The molecule has 1 aromatic heterocycles. The molecule has 2 aromatic rings. The molecule has 1 saturated heterocycles. The van der Waals surface area contributed by atoms with E-state index >= 15 is 0 Å². The Hall–Kier alpha value is -2.41. The number of carbonyl (C=O) groups excluding carboxylic acids is 1. The van der Waals surface area contributed by atoms with Gasteiger partial charge in [-0.3, -0.25) is 14.2 Å². The number of hydrogen-bond donors (Lipinski definition) is 2. The Morgan fingerprint density at radius 1 is 1.28 bits per heavy atom. The van der Waals surface area contributed by atoms with Crippen LogP contribution in [0.4, 0.5) is 0 Å². The maximum Gasteiger partial charge on any atom is 0.328 e. The summed E-state index contributed by atoms with van der Waals surface area (Å²) in [6.45, 7) is 4.82. The van der Waals surface area contributed by atoms with Gasteiger partial charge in [-0.2, -0.15) is 0 Å². The topological polar surface area (TPSA) is 87.2 Å². The molecule has 134 valence electrons. The van der Waals surface area contributed by atoms with Gasteiger partial charge in [-0.05, 0) is 64.0 Å². The van der Waals surface area contributed by atoms with E-state index in [0.717, 1.165) is 30.5 Å². The number of hydrogen-bond acceptors (Lipinski definition) is 4. The van der Waals surface area contributed by atoms with Gasteiger partial charge in [0.25, 0.3) is 11.5 Å². The van der Waals surface area contributed by atoms with Gasteiger partial charge in [0, 0.05) is 18.7 Å². The van der Waals surface area contributed by atoms with Crippen molar-refractivity contribution in [1.82, 2.24) is 19.8 Å². The molecule has 2 heterocycles. The standard InChI is InChI=1S/C18H24N4O3/c1-3-22-17(24)14-5-4-13(10-15(14)20-18(22)25)16(23)19-11-12-6-8-21(2)9-7-12/h4-5,10,12H,3,6-9,11H2,1-2H3,(H,19,23)(H,20,25). The summed E-state index contributed by atoms with van der Waals surface area (Å²) in [5, 5.41) is 3.38. The number of amides is 1. The lowest BCUT2D eigenvalue weighted by molar-refractivity contribution is 0.0939. The van der Waals surface area contributed by atoms with Crippen molar-refractivity contribution in [3.63, 3.8) is 0 Å². The van der Waals surface area contributed by atoms with Gasteiger partial charge in [0.05, 0.1) is 10.9 Å². The highest BCUT2D eigenvalue weighted by molar-refractivity contribution is 5.97. The molecule has 1 aliphatic heterocycles. The summed E-state index contributed by atoms with van der Waals surface area (Å²) < 4.78 is 1.14. The van der Waals surface area contributed by atoms with Crippen molar-refractivity contribution in [1.29, 1.82) is 0 Å². The molecular weight excluding hydrogens is 320 g/mol. The number of benzene rings is 1. The molecule has 0 spiro atoms. The third-order valence-electron chi connectivity index (χ3n) is 4.95. The Morgan fingerprint density at radius 3 is 2.68 bits per heavy atom. The molecule has 1 fully saturated rings. The first-order valence-corrected chi connectivity index (χ1v) is 8.73. The van der Waals surface area contributed by atoms with Crippen LogP contribution in [0, 0.1) is 5.92 Å². The predicted octanol–water partition coefficient (Wildman–Crippen LogP) is 0.781. The van der Waals surface area contributed by atoms with Crippen LogP contribution in [0.15, 0.2) is 27.8 Å². The molecule has 2 N–H and O–H groups in total. The molecule has 0 unspecified atom stereocenters. The molecule has 1 amide bonds. The molecule has 7 heteroatoms. The fourth-order valence-corrected chi connectivity index (χ4v) is 3.29. The SMILES string of the molecule is CCn1c(=O)[nH]c2cc(C(=O)NCC3CCN(C)CC3)ccc2c1=O. The number of carbonyl (C=O) groups is 1. The van der Waals surface area contributed by atoms with Crippen molar-refractivity contribution in [2.75, 3.05) is 26.7 Å². The first-order chi connectivity index (χ1) is 12.0. The Balaban J connectivity index is 1.76. The summed E-state index contributed by atoms with van der Waals surface area (Å²) in [5.41, 5.74) is 0.0554. The molecule has 1 aromatic carbocycles. The van der Waals surface area contributed by atoms with Gasteiger partial charge in [-0.25, -0.2) is 4.79 Å². The molecule has 0 radical (unpaired) electrons. The maximum atomic E-state index is 12.4. The number of nitrogens with zero attached hydrogens (tertiary/aromatic N) is 2. The minimum absolute atomic E-state index is 0.179. The van der Waals surface area contributed by atoms with Crippen LogP contribution >= 0.6 is 0 Å². The maximum absolute atomic E-state index is 12.4. The van der Waals surface area contributed by atoms with Crippen LogP contribution in [0.25, 0.3) is 10.9 Å². The van der Waals surface area contributed by atoms with Crippen molar-refractivity contribution in [2.24, 2.45) is 5.92 Å². The Labute approximate surface area is 145 Å². The summed E-state index contributed by atoms with van der Waals surface area (Å²) in [6.07, 6.45) is 2.16. The Bertz CT molecular complexity index is 891. The van der Waals surface area contributed by atoms with Crippen molar-refractivity contribution >= 4 is 16.8 Å². The van der Waals surface area contributed by atoms with Crippen molar-refractivity contribution in [3.05, 3.63) is 44.6 Å². The fraction of sp³-hybridized carbons (Fsp3) is 0.500. The average molecular weight is 344 g/mol. The van der Waals surface area contributed by atoms with E-state index in [4.69, 9.17) is 0 Å². The van der Waals surface area contributed by atoms with Crippen molar-refractivity contribution in [2.45, 2.75) is 26.3 Å². The van der Waals surface area contributed by atoms with Gasteiger partial charge in [-0.1, -0.05) is 0 Å². The van der Waals surface area contributed by atoms with E-state index in [1.54, 1.807) is 25.1 Å². The molecule has 3 rings (SSSR count). The van der Waals surface area contributed by atoms with E-state index in [0.29, 0.717) is 35.5 Å². The van der Waals surface area contributed by atoms with E-state index in [-0.39, 0.29) is 11.5 Å². The molecule has 25 heavy (non-hydrogen) atoms. The first kappa shape index (κ1) is 17.4. The highest BCUT2D eigenvalue weighted by Gasteiger charge is 2.18. The molecular formula is C18H24N4O3. The summed E-state index contributed by atoms with van der Waals surface area (Å²) in [7, 11) is 2.11. The lowest BCUT2D eigenvalue weighted by Gasteiger charge is -2.28. The second-order valence-corrected chi connectivity index (χ2v) is 6.70. The number of likely N-dealkylation sites (tertiary alicyclic amines) is 1. The van der Waals surface area contributed by atoms with Gasteiger partial charge in [-0.15, -0.1) is 0 Å². The number of aromatic nitrogens is 2. The zero-order valence-electron chi connectivity index (χ0n) is 14.7. The van der Waals surface area contributed by atoms with E-state index in [9.17, 15) is 14.4 Å². The van der Waals surface area contributed by atoms with Crippen LogP contribution < -0.4 is 16.6 Å². The number of aromatic amines is 1. The molecule has 0 aliphatic carbocycles. The second-order valence-electron chi connectivity index (χ2n) is 6.70. The smallest absolute Gasteiger partial charge is 0.328 e. The number of piperidine rings is 1. The lowest BCUT2D eigenvalue weighted by atomic mass is 9.97. The zero-order chi connectivity index (χ0) is 18.0. The van der Waals surface area contributed by atoms with Crippen molar-refractivity contribution < 1.29 is 4.79 Å². The minimum Gasteiger partial charge on any atom is -0.352 e. The normalized spacial score (nSPS) is 16.2. The molecule has 0 bridgehead atoms. The monoisotopic (exact) mass is 344 g/mol. The van der Waals surface area contributed by atoms with Gasteiger partial charge < -0.3 is 15.2 Å². The van der Waals surface area contributed by atoms with Crippen LogP contribution in [0.2, 0.25) is 0 Å². The van der Waals surface area contributed by atoms with E-state index in [1.807, 2.05) is 0 Å². The summed E-state index contributed by atoms with van der Waals surface area (Å²) >= 11 is 0. The quantitative estimate of drug-likeness (QED) is 0.858. The third-order valence-corrected chi connectivity index (χ3v) is 4.95. The van der Waals surface area contributed by atoms with Crippen LogP contribution in [-0.2, 0) is 6.54 Å². The molecule has 0 atom stereocenters. The van der Waals surface area contributed by atoms with Gasteiger partial charge in [0.1, 0.15) is 0 Å². The van der Waals surface area contributed by atoms with E-state index in [2.05, 4.69) is 22.2 Å². The Kier molecular flexibility index (Phi) is 5.03. The zero-order valence-corrected chi connectivity index (χ0v) is 14.7. The molecule has 1 aliphatic rings. The number of H-pyrrole nitrogens is 1. The minimum atomic E-state index is -0.455. The van der Waals surface area contributed by atoms with Gasteiger partial charge >= 0.3 is 5.69 Å². The number of rotatable bonds is 4. The summed E-state index contributed by atoms with van der Waals surface area (Å²) in [5.74, 6) is 0.318. The fourth-order valence-electron chi connectivity index (χ4n) is 3.29. The highest BCUT2D eigenvalue weighted by Crippen LogP contribution is 2.15. The second kappa shape index (κ2) is 7.23. The van der Waals surface area contributed by atoms with Crippen LogP contribution in [0.1, 0.15) is 30.1 Å². The van der Waals surface area contributed by atoms with Crippen molar-refractivity contribution in [3.8, 4) is 0 Å². The van der Waals surface area contributed by atoms with E-state index in [1.165, 1.54) is 0 Å². The largest absolute Gasteiger partial charge is 0.352 e. The number of nitrogens with one attached hydrogen (secondary N) is 2. The van der Waals surface area contributed by atoms with Crippen LogP contribution in [0.3, 0.4) is 0 Å². The van der Waals surface area contributed by atoms with Gasteiger partial charge in [0.2, 0.25) is 0 Å². The predicted molar refractivity (Wildman–Crippen MR) is 97.1 cm³/mol. The van der Waals surface area contributed by atoms with Crippen LogP contribution in [0.5, 0.6) is 0 Å². The highest BCUT2D eigenvalue weighted by atomic mass is 16.2. The summed E-state index contributed by atoms with van der Waals surface area (Å²) in [6, 6.07) is 4.80. The van der Waals surface area contributed by atoms with E-state index < -0.39 is 5.69 Å². The molecule has 7 nitrogen and oxygen atoms in total. The lowest BCUT2D eigenvalue weighted by Crippen LogP contribution is -2.37. The average Bonchev–Trinajstić information content (AvgIpc) is 2.61. The first-order valence-electron chi connectivity index (χ1n) is 8.73. The number of fused-ring (bicyclic) bond motifs is 1. The Morgan fingerprint density at radius 2 is 2.00 bits per heavy atom. The third kappa shape index (κ3) is 3.66.